The van der Waals surface area contributed by atoms with Crippen molar-refractivity contribution in [3.05, 3.63) is 0 Å². The van der Waals surface area contributed by atoms with Gasteiger partial charge in [-0.1, -0.05) is 156 Å². The van der Waals surface area contributed by atoms with Gasteiger partial charge in [0.15, 0.2) is 0 Å². The quantitative estimate of drug-likeness (QED) is 0.0282. The third-order valence-electron chi connectivity index (χ3n) is 15.5. The molecule has 92 heavy (non-hydrogen) atoms. The van der Waals surface area contributed by atoms with E-state index in [-0.39, 0.29) is 56.0 Å². The zero-order valence-electron chi connectivity index (χ0n) is 55.6. The molecule has 6 fully saturated rings. The van der Waals surface area contributed by atoms with E-state index in [0.29, 0.717) is 0 Å². The monoisotopic (exact) mass is 1510 g/mol. The van der Waals surface area contributed by atoms with Crippen LogP contribution in [0.2, 0.25) is 0 Å². The molecule has 0 aromatic heterocycles. The Balaban J connectivity index is -0.000000637. The summed E-state index contributed by atoms with van der Waals surface area (Å²) in [6, 6.07) is 0. The maximum Gasteiger partial charge on any atom is 2.00 e. The predicted octanol–water partition coefficient (Wildman–Crippen LogP) is -14.6. The minimum absolute atomic E-state index is 0. The minimum Gasteiger partial charge on any atom is -0.315 e. The average Bonchev–Trinajstić information content (AvgIpc) is 1.20. The molecular weight excluding hydrogens is 1390 g/mol. The van der Waals surface area contributed by atoms with E-state index in [4.69, 9.17) is 74.5 Å². The zero-order chi connectivity index (χ0) is 67.8. The largest absolute Gasteiger partial charge is 2.00 e. The summed E-state index contributed by atoms with van der Waals surface area (Å²) in [7, 11) is -19.8. The first kappa shape index (κ1) is 99.4. The van der Waals surface area contributed by atoms with Crippen molar-refractivity contribution in [3.8, 4) is 0 Å². The molecule has 0 spiro atoms. The van der Waals surface area contributed by atoms with E-state index in [2.05, 4.69) is 102 Å². The summed E-state index contributed by atoms with van der Waals surface area (Å²) in [5.41, 5.74) is 0.546. The second-order valence-electron chi connectivity index (χ2n) is 24.7. The van der Waals surface area contributed by atoms with Crippen LogP contribution in [0.5, 0.6) is 0 Å². The molecule has 0 aromatic rings. The molecule has 0 atom stereocenters. The van der Waals surface area contributed by atoms with Crippen LogP contribution in [0.25, 0.3) is 0 Å². The predicted molar refractivity (Wildman–Crippen MR) is 305 cm³/mol. The Hall–Kier alpha value is 0.999. The van der Waals surface area contributed by atoms with Gasteiger partial charge in [0.2, 0.25) is 0 Å². The Labute approximate surface area is 581 Å². The van der Waals surface area contributed by atoms with E-state index in [0.717, 1.165) is 170 Å². The van der Waals surface area contributed by atoms with E-state index >= 15 is 0 Å². The van der Waals surface area contributed by atoms with Gasteiger partial charge >= 0.3 is 34.1 Å². The molecule has 6 rings (SSSR count). The third-order valence-corrected chi connectivity index (χ3v) is 15.5. The maximum atomic E-state index is 8.49. The van der Waals surface area contributed by atoms with Gasteiger partial charge < -0.3 is 74.4 Å². The maximum absolute atomic E-state index is 8.49. The Morgan fingerprint density at radius 3 is 0.522 bits per heavy atom. The van der Waals surface area contributed by atoms with Crippen LogP contribution in [0.3, 0.4) is 0 Å². The van der Waals surface area contributed by atoms with Gasteiger partial charge in [-0.3, -0.25) is 0 Å². The van der Waals surface area contributed by atoms with Gasteiger partial charge in [0.25, 0.3) is 0 Å². The number of fused-ring (bicyclic) bond motifs is 30. The van der Waals surface area contributed by atoms with Gasteiger partial charge in [0.05, 0.1) is 11.1 Å². The SMILES string of the molecule is CCCCCCCCCCCCCNC12CNCCNCC(C)(CNCCNC1)CNCCNC2.CCCCCCCCCCCCCNC12CNCCNCC(C)(CNCCNC1)CNCCNC2.[Cu+2].[Cu+2].[O-][Cl+3]([O-])([O-])[O-].[O-][Cl+3]([O-])([O-])[O-].[O-][Cl+3]([O-])([O-])[O-].[O-][Cl+3]([O-])([O-])[O-]. The molecule has 2 radical (unpaired) electrons. The van der Waals surface area contributed by atoms with Crippen LogP contribution in [0, 0.1) is 51.8 Å². The molecule has 562 valence electrons. The molecule has 14 N–H and O–H groups in total. The molecule has 6 aliphatic rings. The zero-order valence-corrected chi connectivity index (χ0v) is 60.5. The summed E-state index contributed by atoms with van der Waals surface area (Å²) < 4.78 is 136. The number of rotatable bonds is 26. The number of halogens is 4. The van der Waals surface area contributed by atoms with Crippen LogP contribution in [-0.4, -0.2) is 181 Å². The van der Waals surface area contributed by atoms with E-state index in [1.807, 2.05) is 0 Å². The summed E-state index contributed by atoms with van der Waals surface area (Å²) in [6.07, 6.45) is 30.8. The fourth-order valence-electron chi connectivity index (χ4n) is 10.8. The molecule has 6 heterocycles. The number of hydrogen-bond acceptors (Lipinski definition) is 30. The van der Waals surface area contributed by atoms with Crippen LogP contribution >= 0.6 is 0 Å². The number of hydrogen-bond donors (Lipinski definition) is 14. The first-order valence-corrected chi connectivity index (χ1v) is 37.8. The van der Waals surface area contributed by atoms with Crippen molar-refractivity contribution in [1.29, 1.82) is 0 Å². The second-order valence-corrected chi connectivity index (χ2v) is 27.8. The van der Waals surface area contributed by atoms with Crippen molar-refractivity contribution in [2.24, 2.45) is 10.8 Å². The van der Waals surface area contributed by atoms with Gasteiger partial charge in [0, 0.05) is 168 Å². The van der Waals surface area contributed by atoms with Crippen molar-refractivity contribution in [3.63, 3.8) is 0 Å². The second kappa shape index (κ2) is 61.8. The fourth-order valence-corrected chi connectivity index (χ4v) is 10.8. The fraction of sp³-hybridized carbons (Fsp3) is 1.00. The topological polar surface area (TPSA) is 537 Å². The molecule has 0 amide bonds. The molecule has 0 aliphatic carbocycles. The third kappa shape index (κ3) is 78.3. The normalized spacial score (nSPS) is 23.9. The molecule has 4 bridgehead atoms. The molecule has 36 heteroatoms. The van der Waals surface area contributed by atoms with Crippen LogP contribution in [0.1, 0.15) is 169 Å². The van der Waals surface area contributed by atoms with Crippen molar-refractivity contribution in [1.82, 2.24) is 74.4 Å². The molecule has 0 saturated carbocycles. The standard InChI is InChI=1S/2C28H61N7.4ClHO4.2Cu/c2*1-3-4-5-6-7-8-9-10-11-12-13-14-35-28-24-32-18-15-29-21-27(2,22-30-16-19-33-25-28)23-31-17-20-34-26-28;4*2-1(3,4)5;;/h2*29-35H,3-26H2,1-2H3;4*(H,2,3,4,5);;/q;;;;;;2*+2/p-4. The van der Waals surface area contributed by atoms with E-state index < -0.39 is 41.0 Å². The Morgan fingerprint density at radius 2 is 0.370 bits per heavy atom. The summed E-state index contributed by atoms with van der Waals surface area (Å²) in [6.45, 7) is 35.9. The van der Waals surface area contributed by atoms with Crippen LogP contribution in [-0.2, 0) is 34.1 Å². The van der Waals surface area contributed by atoms with E-state index in [1.54, 1.807) is 0 Å². The van der Waals surface area contributed by atoms with Crippen molar-refractivity contribution < 1.29 is 150 Å². The molecular formula is C56H122Cl4Cu2N14O16. The van der Waals surface area contributed by atoms with Gasteiger partial charge in [-0.2, -0.15) is 0 Å². The van der Waals surface area contributed by atoms with Gasteiger partial charge in [-0.05, 0) is 25.9 Å². The summed E-state index contributed by atoms with van der Waals surface area (Å²) in [5, 5.41) is 52.7. The first-order valence-electron chi connectivity index (χ1n) is 32.8. The van der Waals surface area contributed by atoms with Crippen LogP contribution in [0.4, 0.5) is 0 Å². The van der Waals surface area contributed by atoms with Crippen LogP contribution in [0.15, 0.2) is 0 Å². The molecule has 6 saturated heterocycles. The molecule has 6 aliphatic heterocycles. The molecule has 0 unspecified atom stereocenters. The van der Waals surface area contributed by atoms with Crippen molar-refractivity contribution in [2.75, 3.05) is 170 Å². The van der Waals surface area contributed by atoms with Gasteiger partial charge in [-0.25, -0.2) is 74.5 Å². The number of unbranched alkanes of at least 4 members (excludes halogenated alkanes) is 20. The smallest absolute Gasteiger partial charge is 0.315 e. The molecule has 0 aromatic carbocycles. The van der Waals surface area contributed by atoms with E-state index in [1.165, 1.54) is 141 Å². The van der Waals surface area contributed by atoms with Crippen molar-refractivity contribution in [2.45, 2.75) is 180 Å². The van der Waals surface area contributed by atoms with Crippen LogP contribution < -0.4 is 149 Å². The number of nitrogens with one attached hydrogen (secondary N) is 14. The Kier molecular flexibility index (Phi) is 66.8. The average molecular weight is 1520 g/mol. The molecule has 30 nitrogen and oxygen atoms in total. The van der Waals surface area contributed by atoms with Gasteiger partial charge in [-0.15, -0.1) is 41.0 Å². The first-order chi connectivity index (χ1) is 42.4. The minimum atomic E-state index is -4.94. The summed E-state index contributed by atoms with van der Waals surface area (Å²) >= 11 is 0. The van der Waals surface area contributed by atoms with E-state index in [9.17, 15) is 0 Å². The Bertz CT molecular complexity index is 1350. The van der Waals surface area contributed by atoms with Crippen molar-refractivity contribution >= 4 is 0 Å². The summed E-state index contributed by atoms with van der Waals surface area (Å²) in [5.74, 6) is 0. The van der Waals surface area contributed by atoms with Gasteiger partial charge in [0.1, 0.15) is 0 Å². The Morgan fingerprint density at radius 1 is 0.239 bits per heavy atom. The summed E-state index contributed by atoms with van der Waals surface area (Å²) in [4.78, 5) is 0.